The van der Waals surface area contributed by atoms with Crippen LogP contribution in [0.3, 0.4) is 0 Å². The molecule has 2 fully saturated rings. The van der Waals surface area contributed by atoms with E-state index in [-0.39, 0.29) is 23.6 Å². The molecule has 2 aromatic carbocycles. The van der Waals surface area contributed by atoms with Crippen molar-refractivity contribution in [1.29, 1.82) is 0 Å². The minimum atomic E-state index is -4.63. The maximum absolute atomic E-state index is 13.9. The van der Waals surface area contributed by atoms with Gasteiger partial charge in [-0.3, -0.25) is 14.6 Å². The second-order valence-corrected chi connectivity index (χ2v) is 20.6. The number of nitrogens with one attached hydrogen (secondary N) is 6. The number of aromatic nitrogens is 10. The summed E-state index contributed by atoms with van der Waals surface area (Å²) in [5.74, 6) is 2.22. The van der Waals surface area contributed by atoms with Crippen LogP contribution in [0.1, 0.15) is 68.3 Å². The van der Waals surface area contributed by atoms with E-state index in [1.165, 1.54) is 31.0 Å². The van der Waals surface area contributed by atoms with Gasteiger partial charge in [0, 0.05) is 113 Å². The third-order valence-electron chi connectivity index (χ3n) is 14.2. The van der Waals surface area contributed by atoms with Crippen LogP contribution in [0.5, 0.6) is 0 Å². The zero-order chi connectivity index (χ0) is 57.7. The van der Waals surface area contributed by atoms with Crippen molar-refractivity contribution in [3.05, 3.63) is 155 Å². The number of benzene rings is 2. The summed E-state index contributed by atoms with van der Waals surface area (Å²) in [6, 6.07) is 22.2. The van der Waals surface area contributed by atoms with E-state index in [1.54, 1.807) is 59.9 Å². The first kappa shape index (κ1) is 56.3. The summed E-state index contributed by atoms with van der Waals surface area (Å²) in [6.45, 7) is 14.2. The molecule has 2 aliphatic heterocycles. The fourth-order valence-corrected chi connectivity index (χ4v) is 9.08. The minimum absolute atomic E-state index is 0.171. The van der Waals surface area contributed by atoms with Crippen molar-refractivity contribution in [2.75, 3.05) is 106 Å². The monoisotopic (exact) mass is 1120 g/mol. The van der Waals surface area contributed by atoms with Crippen molar-refractivity contribution in [2.45, 2.75) is 45.9 Å². The van der Waals surface area contributed by atoms with Crippen molar-refractivity contribution < 1.29 is 27.5 Å². The van der Waals surface area contributed by atoms with Gasteiger partial charge in [-0.1, -0.05) is 12.1 Å². The summed E-state index contributed by atoms with van der Waals surface area (Å²) in [7, 11) is 5.80. The number of hydrogen-bond donors (Lipinski definition) is 6. The zero-order valence-electron chi connectivity index (χ0n) is 46.4. The van der Waals surface area contributed by atoms with Gasteiger partial charge in [0.05, 0.1) is 45.8 Å². The number of anilines is 8. The van der Waals surface area contributed by atoms with E-state index in [0.717, 1.165) is 75.6 Å². The molecule has 2 amide bonds. The van der Waals surface area contributed by atoms with E-state index < -0.39 is 23.2 Å². The van der Waals surface area contributed by atoms with Crippen LogP contribution in [0, 0.1) is 13.8 Å². The third-order valence-corrected chi connectivity index (χ3v) is 14.2. The number of methoxy groups -OCH3 is 1. The Labute approximate surface area is 471 Å². The number of pyridine rings is 2. The van der Waals surface area contributed by atoms with E-state index in [0.29, 0.717) is 74.7 Å². The molecule has 8 aromatic rings. The molecule has 0 spiro atoms. The number of nitrogens with zero attached hydrogens (tertiary/aromatic N) is 14. The average molecular weight is 1120 g/mol. The molecule has 0 unspecified atom stereocenters. The van der Waals surface area contributed by atoms with Crippen LogP contribution in [0.25, 0.3) is 11.6 Å². The fraction of sp³-hybridized carbons (Fsp3) is 0.321. The number of alkyl halides is 3. The Morgan fingerprint density at radius 3 is 1.76 bits per heavy atom. The lowest BCUT2D eigenvalue weighted by molar-refractivity contribution is -0.137. The van der Waals surface area contributed by atoms with Crippen LogP contribution in [0.4, 0.5) is 59.3 Å². The predicted molar refractivity (Wildman–Crippen MR) is 305 cm³/mol. The number of hydrazine groups is 2. The maximum Gasteiger partial charge on any atom is 0.416 e. The molecule has 0 radical (unpaired) electrons. The van der Waals surface area contributed by atoms with Gasteiger partial charge in [-0.2, -0.15) is 32.7 Å². The predicted octanol–water partition coefficient (Wildman–Crippen LogP) is 7.68. The Bertz CT molecular complexity index is 3590. The van der Waals surface area contributed by atoms with Crippen molar-refractivity contribution >= 4 is 58.0 Å². The van der Waals surface area contributed by atoms with Gasteiger partial charge in [-0.05, 0) is 101 Å². The van der Waals surface area contributed by atoms with Crippen molar-refractivity contribution in [2.24, 2.45) is 0 Å². The normalized spacial score (nSPS) is 14.8. The van der Waals surface area contributed by atoms with Crippen LogP contribution in [0.2, 0.25) is 0 Å². The molecule has 0 aliphatic carbocycles. The lowest BCUT2D eigenvalue weighted by atomic mass is 9.99. The van der Waals surface area contributed by atoms with Crippen LogP contribution in [0.15, 0.2) is 110 Å². The Morgan fingerprint density at radius 1 is 0.598 bits per heavy atom. The molecule has 0 atom stereocenters. The number of carbonyl (C=O) groups excluding carboxylic acids is 2. The van der Waals surface area contributed by atoms with Gasteiger partial charge in [-0.25, -0.2) is 34.9 Å². The van der Waals surface area contributed by atoms with Gasteiger partial charge in [0.1, 0.15) is 41.7 Å². The molecule has 426 valence electrons. The lowest BCUT2D eigenvalue weighted by Crippen LogP contribution is -2.47. The number of amides is 2. The van der Waals surface area contributed by atoms with Crippen molar-refractivity contribution in [1.82, 2.24) is 69.3 Å². The number of halogens is 3. The zero-order valence-corrected chi connectivity index (χ0v) is 46.4. The van der Waals surface area contributed by atoms with Crippen molar-refractivity contribution in [3.8, 4) is 11.6 Å². The number of likely N-dealkylation sites (N-methyl/N-ethyl adjacent to an activating group) is 2. The van der Waals surface area contributed by atoms with E-state index in [1.807, 2.05) is 51.1 Å². The first-order valence-corrected chi connectivity index (χ1v) is 26.5. The Hall–Kier alpha value is -8.95. The number of aryl methyl sites for hydroxylation is 2. The quantitative estimate of drug-likeness (QED) is 0.0483. The third kappa shape index (κ3) is 13.6. The summed E-state index contributed by atoms with van der Waals surface area (Å²) in [5, 5.41) is 27.0. The fourth-order valence-electron chi connectivity index (χ4n) is 9.08. The molecule has 10 rings (SSSR count). The molecule has 82 heavy (non-hydrogen) atoms. The summed E-state index contributed by atoms with van der Waals surface area (Å²) < 4.78 is 49.7. The molecule has 0 bridgehead atoms. The summed E-state index contributed by atoms with van der Waals surface area (Å²) in [4.78, 5) is 59.0. The highest BCUT2D eigenvalue weighted by atomic mass is 19.4. The molecule has 2 aliphatic rings. The molecular formula is C56H63F3N20O3. The Balaban J connectivity index is 0.984. The van der Waals surface area contributed by atoms with Gasteiger partial charge in [0.15, 0.2) is 11.6 Å². The van der Waals surface area contributed by atoms with Crippen LogP contribution in [-0.4, -0.2) is 155 Å². The molecule has 26 heteroatoms. The SMILES string of the molecule is COC(C)(C)c1ccnc(NC(=O)c2ccc(C)c(Nc3cc(Cc4cc(Nc5cc(NC(=O)c6cccc(C(F)(F)F)c6)cnc5C)n(-c5cc(NN6CCN(C)CC6)ncn5)n4)nn3-c3cc(NN4CCN(C)CC4)ncn3)c2)c1. The highest BCUT2D eigenvalue weighted by Gasteiger charge is 2.31. The second-order valence-electron chi connectivity index (χ2n) is 20.6. The topological polar surface area (TPSA) is 241 Å². The van der Waals surface area contributed by atoms with Gasteiger partial charge in [0.25, 0.3) is 11.8 Å². The smallest absolute Gasteiger partial charge is 0.374 e. The number of carbonyl (C=O) groups is 2. The Kier molecular flexibility index (Phi) is 16.5. The number of hydrogen-bond acceptors (Lipinski definition) is 19. The first-order valence-electron chi connectivity index (χ1n) is 26.5. The second kappa shape index (κ2) is 24.0. The van der Waals surface area contributed by atoms with Gasteiger partial charge >= 0.3 is 6.18 Å². The van der Waals surface area contributed by atoms with E-state index in [4.69, 9.17) is 14.9 Å². The summed E-state index contributed by atoms with van der Waals surface area (Å²) >= 11 is 0. The molecular weight excluding hydrogens is 1060 g/mol. The number of ether oxygens (including phenoxy) is 1. The maximum atomic E-state index is 13.9. The molecule has 6 aromatic heterocycles. The van der Waals surface area contributed by atoms with Crippen LogP contribution >= 0.6 is 0 Å². The molecule has 2 saturated heterocycles. The summed E-state index contributed by atoms with van der Waals surface area (Å²) in [6.07, 6.45) is 1.54. The Morgan fingerprint density at radius 2 is 1.17 bits per heavy atom. The molecule has 6 N–H and O–H groups in total. The van der Waals surface area contributed by atoms with Gasteiger partial charge in [0.2, 0.25) is 0 Å². The standard InChI is InChI=1S/C56H63F3N20O3/c1-35-11-12-38(54(81)69-46-25-39(13-14-60-46)55(3,4)82-7)24-44(35)67-51-28-41(70-78(51)49-30-47(62-33-64-49)72-76-19-15-74(5)16-20-76)26-42-29-52(79(71-42)50-31-48(63-34-65-50)73-77-21-17-75(6)18-22-77)68-45-27-43(32-61-36(45)2)66-53(80)37-9-8-10-40(23-37)56(57,58)59/h8-14,23-25,27-34,67-68H,15-22,26H2,1-7H3,(H,66,80)(H,60,69,81)(H,62,64,72)(H,63,65,73). The van der Waals surface area contributed by atoms with Gasteiger partial charge < -0.3 is 46.7 Å². The first-order chi connectivity index (χ1) is 39.3. The van der Waals surface area contributed by atoms with E-state index in [9.17, 15) is 22.8 Å². The average Bonchev–Trinajstić information content (AvgIpc) is 4.16. The summed E-state index contributed by atoms with van der Waals surface area (Å²) in [5.41, 5.74) is 10.2. The molecule has 23 nitrogen and oxygen atoms in total. The lowest BCUT2D eigenvalue weighted by Gasteiger charge is -2.32. The van der Waals surface area contributed by atoms with Crippen molar-refractivity contribution in [3.63, 3.8) is 0 Å². The largest absolute Gasteiger partial charge is 0.416 e. The highest BCUT2D eigenvalue weighted by Crippen LogP contribution is 2.32. The van der Waals surface area contributed by atoms with Crippen LogP contribution < -0.4 is 32.1 Å². The highest BCUT2D eigenvalue weighted by molar-refractivity contribution is 6.05. The molecule has 8 heterocycles. The number of rotatable bonds is 18. The van der Waals surface area contributed by atoms with E-state index in [2.05, 4.69) is 95.9 Å². The number of piperazine rings is 2. The molecule has 0 saturated carbocycles. The van der Waals surface area contributed by atoms with Crippen LogP contribution in [-0.2, 0) is 22.9 Å². The van der Waals surface area contributed by atoms with Gasteiger partial charge in [-0.15, -0.1) is 0 Å². The minimum Gasteiger partial charge on any atom is -0.374 e. The van der Waals surface area contributed by atoms with E-state index >= 15 is 0 Å².